The van der Waals surface area contributed by atoms with Gasteiger partial charge in [0.15, 0.2) is 0 Å². The summed E-state index contributed by atoms with van der Waals surface area (Å²) in [4.78, 5) is 14.4. The maximum absolute atomic E-state index is 12.5. The van der Waals surface area contributed by atoms with Crippen LogP contribution >= 0.6 is 0 Å². The van der Waals surface area contributed by atoms with Gasteiger partial charge < -0.3 is 14.7 Å². The number of aliphatic hydroxyl groups excluding tert-OH is 1. The SMILES string of the molecule is CC(O)CC1CCCCCN1C(=O)C1CCCO1. The highest BCUT2D eigenvalue weighted by Gasteiger charge is 2.33. The van der Waals surface area contributed by atoms with Crippen molar-refractivity contribution < 1.29 is 14.6 Å². The van der Waals surface area contributed by atoms with E-state index >= 15 is 0 Å². The molecule has 18 heavy (non-hydrogen) atoms. The van der Waals surface area contributed by atoms with Crippen LogP contribution in [0.4, 0.5) is 0 Å². The van der Waals surface area contributed by atoms with E-state index in [0.29, 0.717) is 13.0 Å². The fourth-order valence-corrected chi connectivity index (χ4v) is 3.06. The Labute approximate surface area is 109 Å². The van der Waals surface area contributed by atoms with Crippen LogP contribution in [0, 0.1) is 0 Å². The van der Waals surface area contributed by atoms with Gasteiger partial charge in [-0.05, 0) is 39.0 Å². The minimum atomic E-state index is -0.340. The first kappa shape index (κ1) is 13.8. The second-order valence-corrected chi connectivity index (χ2v) is 5.62. The summed E-state index contributed by atoms with van der Waals surface area (Å²) in [7, 11) is 0. The predicted octanol–water partition coefficient (Wildman–Crippen LogP) is 1.71. The van der Waals surface area contributed by atoms with Crippen LogP contribution in [0.5, 0.6) is 0 Å². The lowest BCUT2D eigenvalue weighted by molar-refractivity contribution is -0.143. The normalized spacial score (nSPS) is 31.1. The molecule has 2 fully saturated rings. The number of hydrogen-bond donors (Lipinski definition) is 1. The molecule has 0 aromatic rings. The van der Waals surface area contributed by atoms with Gasteiger partial charge in [0.05, 0.1) is 6.10 Å². The zero-order chi connectivity index (χ0) is 13.0. The summed E-state index contributed by atoms with van der Waals surface area (Å²) in [5.41, 5.74) is 0. The molecule has 0 bridgehead atoms. The Kier molecular flexibility index (Phi) is 5.01. The van der Waals surface area contributed by atoms with Gasteiger partial charge in [-0.2, -0.15) is 0 Å². The van der Waals surface area contributed by atoms with Crippen molar-refractivity contribution in [1.29, 1.82) is 0 Å². The first-order valence-corrected chi connectivity index (χ1v) is 7.28. The smallest absolute Gasteiger partial charge is 0.251 e. The average Bonchev–Trinajstić information content (AvgIpc) is 2.76. The standard InChI is InChI=1S/C14H25NO3/c1-11(16)10-12-6-3-2-4-8-15(12)14(17)13-7-5-9-18-13/h11-13,16H,2-10H2,1H3. The van der Waals surface area contributed by atoms with E-state index in [2.05, 4.69) is 0 Å². The topological polar surface area (TPSA) is 49.8 Å². The Morgan fingerprint density at radius 2 is 2.17 bits per heavy atom. The van der Waals surface area contributed by atoms with E-state index in [9.17, 15) is 9.90 Å². The number of nitrogens with zero attached hydrogens (tertiary/aromatic N) is 1. The van der Waals surface area contributed by atoms with Crippen LogP contribution in [0.2, 0.25) is 0 Å². The molecule has 0 spiro atoms. The van der Waals surface area contributed by atoms with Crippen LogP contribution in [0.15, 0.2) is 0 Å². The van der Waals surface area contributed by atoms with E-state index in [1.807, 2.05) is 4.90 Å². The van der Waals surface area contributed by atoms with Gasteiger partial charge in [0, 0.05) is 19.2 Å². The molecular weight excluding hydrogens is 230 g/mol. The van der Waals surface area contributed by atoms with Crippen molar-refractivity contribution in [2.75, 3.05) is 13.2 Å². The first-order valence-electron chi connectivity index (χ1n) is 7.28. The van der Waals surface area contributed by atoms with Gasteiger partial charge in [-0.25, -0.2) is 0 Å². The van der Waals surface area contributed by atoms with Crippen molar-refractivity contribution in [3.8, 4) is 0 Å². The monoisotopic (exact) mass is 255 g/mol. The van der Waals surface area contributed by atoms with Gasteiger partial charge in [-0.15, -0.1) is 0 Å². The molecule has 0 saturated carbocycles. The highest BCUT2D eigenvalue weighted by Crippen LogP contribution is 2.24. The van der Waals surface area contributed by atoms with Crippen LogP contribution in [0.25, 0.3) is 0 Å². The van der Waals surface area contributed by atoms with E-state index in [0.717, 1.165) is 38.6 Å². The van der Waals surface area contributed by atoms with Crippen molar-refractivity contribution in [1.82, 2.24) is 4.90 Å². The summed E-state index contributed by atoms with van der Waals surface area (Å²) in [5, 5.41) is 9.59. The van der Waals surface area contributed by atoms with Gasteiger partial charge in [0.25, 0.3) is 5.91 Å². The molecular formula is C14H25NO3. The number of hydrogen-bond acceptors (Lipinski definition) is 3. The predicted molar refractivity (Wildman–Crippen MR) is 69.2 cm³/mol. The third-order valence-electron chi connectivity index (χ3n) is 3.98. The fourth-order valence-electron chi connectivity index (χ4n) is 3.06. The van der Waals surface area contributed by atoms with Gasteiger partial charge in [0.2, 0.25) is 0 Å². The van der Waals surface area contributed by atoms with E-state index < -0.39 is 0 Å². The van der Waals surface area contributed by atoms with Crippen LogP contribution in [-0.4, -0.2) is 47.3 Å². The summed E-state index contributed by atoms with van der Waals surface area (Å²) in [6, 6.07) is 0.198. The number of ether oxygens (including phenoxy) is 1. The zero-order valence-corrected chi connectivity index (χ0v) is 11.3. The van der Waals surface area contributed by atoms with E-state index in [-0.39, 0.29) is 24.2 Å². The third kappa shape index (κ3) is 3.45. The number of likely N-dealkylation sites (tertiary alicyclic amines) is 1. The van der Waals surface area contributed by atoms with Crippen LogP contribution in [0.3, 0.4) is 0 Å². The van der Waals surface area contributed by atoms with E-state index in [1.165, 1.54) is 6.42 Å². The van der Waals surface area contributed by atoms with Crippen molar-refractivity contribution in [2.45, 2.75) is 70.1 Å². The molecule has 104 valence electrons. The zero-order valence-electron chi connectivity index (χ0n) is 11.3. The first-order chi connectivity index (χ1) is 8.68. The second-order valence-electron chi connectivity index (χ2n) is 5.62. The molecule has 0 aromatic heterocycles. The summed E-state index contributed by atoms with van der Waals surface area (Å²) in [6.45, 7) is 3.35. The Balaban J connectivity index is 2.01. The number of carbonyl (C=O) groups excluding carboxylic acids is 1. The quantitative estimate of drug-likeness (QED) is 0.835. The molecule has 4 nitrogen and oxygen atoms in total. The highest BCUT2D eigenvalue weighted by atomic mass is 16.5. The molecule has 2 heterocycles. The Morgan fingerprint density at radius 3 is 2.83 bits per heavy atom. The maximum atomic E-state index is 12.5. The molecule has 2 saturated heterocycles. The molecule has 3 atom stereocenters. The van der Waals surface area contributed by atoms with Crippen molar-refractivity contribution in [3.05, 3.63) is 0 Å². The summed E-state index contributed by atoms with van der Waals surface area (Å²) in [6.07, 6.45) is 6.42. The summed E-state index contributed by atoms with van der Waals surface area (Å²) >= 11 is 0. The van der Waals surface area contributed by atoms with E-state index in [1.54, 1.807) is 6.92 Å². The van der Waals surface area contributed by atoms with Crippen LogP contribution in [-0.2, 0) is 9.53 Å². The Hall–Kier alpha value is -0.610. The minimum absolute atomic E-state index is 0.153. The molecule has 4 heteroatoms. The van der Waals surface area contributed by atoms with Gasteiger partial charge in [-0.1, -0.05) is 12.8 Å². The second kappa shape index (κ2) is 6.53. The lowest BCUT2D eigenvalue weighted by Crippen LogP contribution is -2.46. The van der Waals surface area contributed by atoms with Crippen molar-refractivity contribution in [2.24, 2.45) is 0 Å². The lowest BCUT2D eigenvalue weighted by atomic mass is 10.0. The molecule has 0 aliphatic carbocycles. The fraction of sp³-hybridized carbons (Fsp3) is 0.929. The molecule has 3 unspecified atom stereocenters. The Morgan fingerprint density at radius 1 is 1.33 bits per heavy atom. The maximum Gasteiger partial charge on any atom is 0.251 e. The highest BCUT2D eigenvalue weighted by molar-refractivity contribution is 5.81. The number of rotatable bonds is 3. The molecule has 2 aliphatic heterocycles. The van der Waals surface area contributed by atoms with Gasteiger partial charge in [-0.3, -0.25) is 4.79 Å². The number of carbonyl (C=O) groups is 1. The van der Waals surface area contributed by atoms with Crippen LogP contribution in [0.1, 0.15) is 51.9 Å². The lowest BCUT2D eigenvalue weighted by Gasteiger charge is -2.32. The van der Waals surface area contributed by atoms with Crippen LogP contribution < -0.4 is 0 Å². The van der Waals surface area contributed by atoms with Gasteiger partial charge >= 0.3 is 0 Å². The third-order valence-corrected chi connectivity index (χ3v) is 3.98. The van der Waals surface area contributed by atoms with E-state index in [4.69, 9.17) is 4.74 Å². The number of aliphatic hydroxyl groups is 1. The molecule has 0 aromatic carbocycles. The van der Waals surface area contributed by atoms with Gasteiger partial charge in [0.1, 0.15) is 6.10 Å². The summed E-state index contributed by atoms with van der Waals surface area (Å²) in [5.74, 6) is 0.153. The van der Waals surface area contributed by atoms with Crippen molar-refractivity contribution >= 4 is 5.91 Å². The molecule has 0 radical (unpaired) electrons. The molecule has 2 rings (SSSR count). The molecule has 1 amide bonds. The minimum Gasteiger partial charge on any atom is -0.393 e. The number of amides is 1. The average molecular weight is 255 g/mol. The largest absolute Gasteiger partial charge is 0.393 e. The molecule has 1 N–H and O–H groups in total. The Bertz CT molecular complexity index is 274. The molecule has 2 aliphatic rings. The summed E-state index contributed by atoms with van der Waals surface area (Å²) < 4.78 is 5.51. The van der Waals surface area contributed by atoms with Crippen molar-refractivity contribution in [3.63, 3.8) is 0 Å².